The van der Waals surface area contributed by atoms with E-state index in [1.165, 1.54) is 16.8 Å². The molecule has 17 heteroatoms. The van der Waals surface area contributed by atoms with Crippen molar-refractivity contribution in [3.8, 4) is 23.6 Å². The minimum absolute atomic E-state index is 0.00515. The van der Waals surface area contributed by atoms with Gasteiger partial charge in [0.1, 0.15) is 49.1 Å². The van der Waals surface area contributed by atoms with E-state index in [-0.39, 0.29) is 57.9 Å². The van der Waals surface area contributed by atoms with Crippen molar-refractivity contribution < 1.29 is 42.6 Å². The first-order valence-corrected chi connectivity index (χ1v) is 21.8. The highest BCUT2D eigenvalue weighted by Gasteiger charge is 2.58. The molecule has 1 aromatic heterocycles. The van der Waals surface area contributed by atoms with Gasteiger partial charge in [-0.1, -0.05) is 54.6 Å². The maximum Gasteiger partial charge on any atom is 0.347 e. The molecule has 1 saturated heterocycles. The monoisotopic (exact) mass is 860 g/mol. The van der Waals surface area contributed by atoms with E-state index in [9.17, 15) is 19.7 Å². The van der Waals surface area contributed by atoms with Crippen LogP contribution in [0.4, 0.5) is 0 Å². The Balaban J connectivity index is 1.67. The van der Waals surface area contributed by atoms with Gasteiger partial charge in [-0.15, -0.1) is 4.67 Å². The predicted octanol–water partition coefficient (Wildman–Crippen LogP) is 5.88. The number of benzene rings is 3. The number of hydrogen-bond acceptors (Lipinski definition) is 14. The summed E-state index contributed by atoms with van der Waals surface area (Å²) in [4.78, 5) is 40.7. The van der Waals surface area contributed by atoms with Gasteiger partial charge in [0.05, 0.1) is 52.4 Å². The fourth-order valence-electron chi connectivity index (χ4n) is 7.61. The first kappa shape index (κ1) is 47.1. The van der Waals surface area contributed by atoms with Crippen LogP contribution in [0.5, 0.6) is 11.5 Å². The molecule has 0 amide bonds. The van der Waals surface area contributed by atoms with Crippen LogP contribution >= 0.6 is 7.87 Å². The highest BCUT2D eigenvalue weighted by Crippen LogP contribution is 2.64. The molecule has 2 heterocycles. The van der Waals surface area contributed by atoms with Crippen LogP contribution in [0.1, 0.15) is 63.5 Å². The summed E-state index contributed by atoms with van der Waals surface area (Å²) in [5, 5.41) is 18.7. The minimum Gasteiger partial charge on any atom is -0.497 e. The number of aromatic amines is 1. The normalized spacial score (nSPS) is 18.8. The van der Waals surface area contributed by atoms with Crippen molar-refractivity contribution in [2.45, 2.75) is 82.8 Å². The summed E-state index contributed by atoms with van der Waals surface area (Å²) in [6, 6.07) is 29.6. The topological polar surface area (TPSA) is 200 Å². The van der Waals surface area contributed by atoms with Gasteiger partial charge in [0.25, 0.3) is 5.56 Å². The Morgan fingerprint density at radius 1 is 0.820 bits per heavy atom. The van der Waals surface area contributed by atoms with E-state index in [1.807, 2.05) is 117 Å². The molecular formula is C44H55N5O11P+. The Kier molecular flexibility index (Phi) is 17.2. The second-order valence-corrected chi connectivity index (χ2v) is 17.2. The largest absolute Gasteiger partial charge is 0.497 e. The number of nitriles is 2. The van der Waals surface area contributed by atoms with E-state index in [0.717, 1.165) is 16.7 Å². The molecule has 0 bridgehead atoms. The molecule has 5 rings (SSSR count). The van der Waals surface area contributed by atoms with Crippen LogP contribution in [-0.2, 0) is 33.8 Å². The van der Waals surface area contributed by atoms with Gasteiger partial charge in [-0.2, -0.15) is 15.0 Å². The van der Waals surface area contributed by atoms with Gasteiger partial charge in [-0.25, -0.2) is 9.69 Å². The summed E-state index contributed by atoms with van der Waals surface area (Å²) in [5.41, 5.74) is -0.423. The summed E-state index contributed by atoms with van der Waals surface area (Å²) >= 11 is 0. The van der Waals surface area contributed by atoms with Crippen LogP contribution in [0.25, 0.3) is 0 Å². The van der Waals surface area contributed by atoms with Crippen molar-refractivity contribution in [3.05, 3.63) is 129 Å². The van der Waals surface area contributed by atoms with E-state index in [0.29, 0.717) is 11.5 Å². The number of methoxy groups -OCH3 is 2. The zero-order chi connectivity index (χ0) is 44.0. The SMILES string of the molecule is COc1ccc(C(OC[C@H]2O[C@@H](n3ccc(=O)[nH]c3=O)[C@H](OCOCOCCC#N)[C@@H]2O[P+](O)(CCC#N)N(C(C)C)C(C)C)(c2ccccc2)c2ccc(OC)cc2)cc1. The molecule has 2 N–H and O–H groups in total. The Bertz CT molecular complexity index is 2120. The van der Waals surface area contributed by atoms with Crippen LogP contribution in [0, 0.1) is 22.7 Å². The second kappa shape index (κ2) is 22.2. The van der Waals surface area contributed by atoms with Crippen LogP contribution in [-0.4, -0.2) is 96.7 Å². The molecule has 0 aliphatic carbocycles. The number of aromatic nitrogens is 2. The van der Waals surface area contributed by atoms with Gasteiger partial charge >= 0.3 is 13.6 Å². The van der Waals surface area contributed by atoms with Crippen molar-refractivity contribution in [3.63, 3.8) is 0 Å². The predicted molar refractivity (Wildman–Crippen MR) is 227 cm³/mol. The fourth-order valence-corrected chi connectivity index (χ4v) is 10.5. The number of nitrogens with zero attached hydrogens (tertiary/aromatic N) is 4. The smallest absolute Gasteiger partial charge is 0.347 e. The van der Waals surface area contributed by atoms with Gasteiger partial charge in [0.2, 0.25) is 0 Å². The number of nitrogens with one attached hydrogen (secondary N) is 1. The molecule has 0 saturated carbocycles. The molecule has 3 aromatic carbocycles. The van der Waals surface area contributed by atoms with E-state index >= 15 is 0 Å². The molecule has 5 atom stereocenters. The van der Waals surface area contributed by atoms with Crippen molar-refractivity contribution in [2.75, 3.05) is 47.2 Å². The Morgan fingerprint density at radius 3 is 1.95 bits per heavy atom. The van der Waals surface area contributed by atoms with Crippen LogP contribution < -0.4 is 20.7 Å². The molecule has 1 aliphatic rings. The van der Waals surface area contributed by atoms with Crippen LogP contribution in [0.15, 0.2) is 101 Å². The fraction of sp³-hybridized carbons (Fsp3) is 0.455. The number of hydrogen-bond donors (Lipinski definition) is 2. The zero-order valence-corrected chi connectivity index (χ0v) is 36.2. The highest BCUT2D eigenvalue weighted by atomic mass is 31.2. The lowest BCUT2D eigenvalue weighted by atomic mass is 9.80. The Morgan fingerprint density at radius 2 is 1.41 bits per heavy atom. The lowest BCUT2D eigenvalue weighted by Crippen LogP contribution is -2.46. The van der Waals surface area contributed by atoms with Crippen molar-refractivity contribution in [1.82, 2.24) is 14.2 Å². The third kappa shape index (κ3) is 11.3. The lowest BCUT2D eigenvalue weighted by molar-refractivity contribution is -0.174. The van der Waals surface area contributed by atoms with Gasteiger partial charge in [-0.3, -0.25) is 14.3 Å². The molecule has 1 unspecified atom stereocenters. The maximum absolute atomic E-state index is 13.5. The van der Waals surface area contributed by atoms with Crippen molar-refractivity contribution in [2.24, 2.45) is 0 Å². The Hall–Kier alpha value is -4.97. The van der Waals surface area contributed by atoms with Gasteiger partial charge < -0.3 is 33.2 Å². The average molecular weight is 861 g/mol. The molecule has 1 fully saturated rings. The summed E-state index contributed by atoms with van der Waals surface area (Å²) in [6.07, 6.45) is -3.19. The second-order valence-electron chi connectivity index (χ2n) is 14.7. The van der Waals surface area contributed by atoms with Gasteiger partial charge in [-0.05, 0) is 68.7 Å². The molecular weight excluding hydrogens is 805 g/mol. The molecule has 0 spiro atoms. The van der Waals surface area contributed by atoms with Crippen LogP contribution in [0.3, 0.4) is 0 Å². The molecule has 1 aliphatic heterocycles. The highest BCUT2D eigenvalue weighted by molar-refractivity contribution is 7.63. The third-order valence-electron chi connectivity index (χ3n) is 10.1. The summed E-state index contributed by atoms with van der Waals surface area (Å²) in [6.45, 7) is 7.09. The number of rotatable bonds is 23. The quantitative estimate of drug-likeness (QED) is 0.0388. The van der Waals surface area contributed by atoms with E-state index in [1.54, 1.807) is 14.2 Å². The van der Waals surface area contributed by atoms with Crippen molar-refractivity contribution >= 4 is 7.87 Å². The molecule has 16 nitrogen and oxygen atoms in total. The lowest BCUT2D eigenvalue weighted by Gasteiger charge is -2.39. The minimum atomic E-state index is -3.66. The van der Waals surface area contributed by atoms with E-state index < -0.39 is 49.3 Å². The van der Waals surface area contributed by atoms with Gasteiger partial charge in [0, 0.05) is 24.3 Å². The molecule has 61 heavy (non-hydrogen) atoms. The molecule has 4 aromatic rings. The molecule has 326 valence electrons. The van der Waals surface area contributed by atoms with Crippen molar-refractivity contribution in [1.29, 1.82) is 10.5 Å². The molecule has 0 radical (unpaired) electrons. The summed E-state index contributed by atoms with van der Waals surface area (Å²) in [5.74, 6) is 1.28. The van der Waals surface area contributed by atoms with Gasteiger partial charge in [0.15, 0.2) is 12.3 Å². The summed E-state index contributed by atoms with van der Waals surface area (Å²) in [7, 11) is -0.478. The van der Waals surface area contributed by atoms with E-state index in [4.69, 9.17) is 42.9 Å². The first-order valence-electron chi connectivity index (χ1n) is 20.0. The standard InChI is InChI=1S/C44H54N5O11P/c1-31(2)49(32(3)4)61(52,27-11-24-46)60-40-38(59-42(48-25-22-39(50)47-43(48)51)41(40)57-30-56-29-55-26-10-23-45)28-58-44(33-12-8-7-9-13-33,34-14-18-36(53-5)19-15-34)35-16-20-37(54-6)21-17-35/h7-9,12-22,25,31-32,38,40-42,52H,10-11,26-30H2,1-6H3/p+1/t38-,40-,41-,42-,61?/m1/s1. The first-order chi connectivity index (χ1) is 29.4. The average Bonchev–Trinajstić information content (AvgIpc) is 3.58. The number of H-pyrrole nitrogens is 1. The number of ether oxygens (including phenoxy) is 7. The maximum atomic E-state index is 13.5. The third-order valence-corrected chi connectivity index (χ3v) is 13.2. The van der Waals surface area contributed by atoms with E-state index in [2.05, 4.69) is 11.1 Å². The zero-order valence-electron chi connectivity index (χ0n) is 35.3. The van der Waals surface area contributed by atoms with Crippen LogP contribution in [0.2, 0.25) is 0 Å². The Labute approximate surface area is 356 Å². The summed E-state index contributed by atoms with van der Waals surface area (Å²) < 4.78 is 52.4.